The molecule has 0 N–H and O–H groups in total. The minimum atomic E-state index is -0.876. The fourth-order valence-corrected chi connectivity index (χ4v) is 1.47. The molecule has 0 unspecified atom stereocenters. The Labute approximate surface area is 77.2 Å². The van der Waals surface area contributed by atoms with Crippen molar-refractivity contribution < 1.29 is 19.1 Å². The van der Waals surface area contributed by atoms with Gasteiger partial charge in [0.25, 0.3) is 0 Å². The average molecular weight is 186 g/mol. The van der Waals surface area contributed by atoms with Crippen LogP contribution < -0.4 is 0 Å². The second-order valence-corrected chi connectivity index (χ2v) is 3.09. The zero-order valence-corrected chi connectivity index (χ0v) is 7.75. The van der Waals surface area contributed by atoms with Crippen LogP contribution in [0.3, 0.4) is 0 Å². The lowest BCUT2D eigenvalue weighted by molar-refractivity contribution is -0.144. The molecule has 0 spiro atoms. The van der Waals surface area contributed by atoms with Gasteiger partial charge in [-0.1, -0.05) is 12.8 Å². The van der Waals surface area contributed by atoms with E-state index in [-0.39, 0.29) is 12.5 Å². The van der Waals surface area contributed by atoms with Crippen molar-refractivity contribution in [3.63, 3.8) is 0 Å². The van der Waals surface area contributed by atoms with Crippen molar-refractivity contribution in [2.75, 3.05) is 6.61 Å². The van der Waals surface area contributed by atoms with Crippen molar-refractivity contribution >= 4 is 12.1 Å². The second kappa shape index (κ2) is 4.84. The summed E-state index contributed by atoms with van der Waals surface area (Å²) in [6, 6.07) is 0. The fraction of sp³-hybridized carbons (Fsp3) is 0.778. The van der Waals surface area contributed by atoms with Crippen LogP contribution in [0.2, 0.25) is 0 Å². The maximum absolute atomic E-state index is 11.2. The maximum Gasteiger partial charge on any atom is 0.516 e. The Bertz CT molecular complexity index is 194. The highest BCUT2D eigenvalue weighted by molar-refractivity contribution is 5.83. The molecule has 0 bridgehead atoms. The van der Waals surface area contributed by atoms with Crippen LogP contribution in [0.15, 0.2) is 0 Å². The first kappa shape index (κ1) is 10.0. The SMILES string of the molecule is CCOC(=O)OC(=O)C1CCCC1. The molecule has 0 saturated heterocycles. The lowest BCUT2D eigenvalue weighted by atomic mass is 10.1. The second-order valence-electron chi connectivity index (χ2n) is 3.09. The third kappa shape index (κ3) is 3.05. The van der Waals surface area contributed by atoms with E-state index < -0.39 is 12.1 Å². The molecule has 0 heterocycles. The minimum Gasteiger partial charge on any atom is -0.434 e. The van der Waals surface area contributed by atoms with E-state index >= 15 is 0 Å². The monoisotopic (exact) mass is 186 g/mol. The van der Waals surface area contributed by atoms with Crippen LogP contribution in [0.1, 0.15) is 32.6 Å². The van der Waals surface area contributed by atoms with Crippen LogP contribution in [-0.2, 0) is 14.3 Å². The Kier molecular flexibility index (Phi) is 3.73. The van der Waals surface area contributed by atoms with Gasteiger partial charge >= 0.3 is 12.1 Å². The lowest BCUT2D eigenvalue weighted by Crippen LogP contribution is -2.19. The molecule has 0 radical (unpaired) electrons. The van der Waals surface area contributed by atoms with Crippen molar-refractivity contribution in [2.45, 2.75) is 32.6 Å². The Balaban J connectivity index is 2.27. The number of hydrogen-bond acceptors (Lipinski definition) is 4. The summed E-state index contributed by atoms with van der Waals surface area (Å²) < 4.78 is 8.96. The van der Waals surface area contributed by atoms with Crippen LogP contribution in [-0.4, -0.2) is 18.7 Å². The van der Waals surface area contributed by atoms with Crippen molar-refractivity contribution in [1.29, 1.82) is 0 Å². The van der Waals surface area contributed by atoms with Gasteiger partial charge in [-0.15, -0.1) is 0 Å². The van der Waals surface area contributed by atoms with E-state index in [9.17, 15) is 9.59 Å². The maximum atomic E-state index is 11.2. The number of hydrogen-bond donors (Lipinski definition) is 0. The number of rotatable bonds is 2. The van der Waals surface area contributed by atoms with Gasteiger partial charge in [-0.05, 0) is 19.8 Å². The molecule has 1 saturated carbocycles. The van der Waals surface area contributed by atoms with Gasteiger partial charge in [0.2, 0.25) is 0 Å². The largest absolute Gasteiger partial charge is 0.516 e. The van der Waals surface area contributed by atoms with Crippen molar-refractivity contribution in [3.8, 4) is 0 Å². The van der Waals surface area contributed by atoms with Crippen LogP contribution in [0.5, 0.6) is 0 Å². The van der Waals surface area contributed by atoms with Gasteiger partial charge in [0.05, 0.1) is 12.5 Å². The van der Waals surface area contributed by atoms with Crippen molar-refractivity contribution in [3.05, 3.63) is 0 Å². The lowest BCUT2D eigenvalue weighted by Gasteiger charge is -2.06. The number of esters is 1. The van der Waals surface area contributed by atoms with Gasteiger partial charge in [-0.3, -0.25) is 4.79 Å². The van der Waals surface area contributed by atoms with Gasteiger partial charge in [-0.2, -0.15) is 0 Å². The Morgan fingerprint density at radius 2 is 1.92 bits per heavy atom. The first-order valence-electron chi connectivity index (χ1n) is 4.62. The third-order valence-corrected chi connectivity index (χ3v) is 2.13. The van der Waals surface area contributed by atoms with Crippen LogP contribution in [0.4, 0.5) is 4.79 Å². The van der Waals surface area contributed by atoms with E-state index in [0.29, 0.717) is 0 Å². The summed E-state index contributed by atoms with van der Waals surface area (Å²) in [4.78, 5) is 22.0. The molecule has 4 nitrogen and oxygen atoms in total. The van der Waals surface area contributed by atoms with Gasteiger partial charge in [0.1, 0.15) is 0 Å². The highest BCUT2D eigenvalue weighted by atomic mass is 16.7. The highest BCUT2D eigenvalue weighted by Gasteiger charge is 2.26. The molecular formula is C9H14O4. The summed E-state index contributed by atoms with van der Waals surface area (Å²) in [5.41, 5.74) is 0. The molecule has 1 fully saturated rings. The first-order valence-corrected chi connectivity index (χ1v) is 4.62. The summed E-state index contributed by atoms with van der Waals surface area (Å²) in [6.45, 7) is 1.90. The standard InChI is InChI=1S/C9H14O4/c1-2-12-9(11)13-8(10)7-5-3-4-6-7/h7H,2-6H2,1H3. The fourth-order valence-electron chi connectivity index (χ4n) is 1.47. The van der Waals surface area contributed by atoms with Gasteiger partial charge in [0, 0.05) is 0 Å². The molecule has 0 aromatic heterocycles. The number of carbonyl (C=O) groups excluding carboxylic acids is 2. The summed E-state index contributed by atoms with van der Waals surface area (Å²) in [5, 5.41) is 0. The highest BCUT2D eigenvalue weighted by Crippen LogP contribution is 2.25. The van der Waals surface area contributed by atoms with E-state index in [2.05, 4.69) is 9.47 Å². The first-order chi connectivity index (χ1) is 6.24. The molecule has 1 rings (SSSR count). The molecule has 4 heteroatoms. The van der Waals surface area contributed by atoms with E-state index in [1.165, 1.54) is 0 Å². The average Bonchev–Trinajstić information content (AvgIpc) is 2.55. The van der Waals surface area contributed by atoms with Gasteiger partial charge in [0.15, 0.2) is 0 Å². The Hall–Kier alpha value is -1.06. The predicted molar refractivity (Wildman–Crippen MR) is 45.1 cm³/mol. The molecule has 13 heavy (non-hydrogen) atoms. The topological polar surface area (TPSA) is 52.6 Å². The molecule has 0 atom stereocenters. The van der Waals surface area contributed by atoms with Crippen LogP contribution in [0.25, 0.3) is 0 Å². The van der Waals surface area contributed by atoms with Crippen LogP contribution >= 0.6 is 0 Å². The third-order valence-electron chi connectivity index (χ3n) is 2.13. The summed E-state index contributed by atoms with van der Waals surface area (Å²) >= 11 is 0. The molecule has 0 aromatic rings. The molecule has 1 aliphatic rings. The zero-order valence-electron chi connectivity index (χ0n) is 7.75. The van der Waals surface area contributed by atoms with E-state index in [1.807, 2.05) is 0 Å². The molecular weight excluding hydrogens is 172 g/mol. The summed E-state index contributed by atoms with van der Waals surface area (Å²) in [5.74, 6) is -0.527. The van der Waals surface area contributed by atoms with E-state index in [1.54, 1.807) is 6.92 Å². The minimum absolute atomic E-state index is 0.0931. The number of carbonyl (C=O) groups is 2. The molecule has 0 aromatic carbocycles. The molecule has 0 aliphatic heterocycles. The predicted octanol–water partition coefficient (Wildman–Crippen LogP) is 1.88. The molecule has 74 valence electrons. The summed E-state index contributed by atoms with van der Waals surface area (Å²) in [7, 11) is 0. The number of ether oxygens (including phenoxy) is 2. The van der Waals surface area contributed by atoms with Crippen LogP contribution in [0, 0.1) is 5.92 Å². The Morgan fingerprint density at radius 1 is 1.31 bits per heavy atom. The quantitative estimate of drug-likeness (QED) is 0.488. The van der Waals surface area contributed by atoms with Crippen molar-refractivity contribution in [2.24, 2.45) is 5.92 Å². The smallest absolute Gasteiger partial charge is 0.434 e. The van der Waals surface area contributed by atoms with Gasteiger partial charge < -0.3 is 9.47 Å². The molecule has 1 aliphatic carbocycles. The summed E-state index contributed by atoms with van der Waals surface area (Å²) in [6.07, 6.45) is 2.88. The van der Waals surface area contributed by atoms with E-state index in [0.717, 1.165) is 25.7 Å². The normalized spacial score (nSPS) is 17.0. The molecule has 0 amide bonds. The van der Waals surface area contributed by atoms with E-state index in [4.69, 9.17) is 0 Å². The zero-order chi connectivity index (χ0) is 9.68. The van der Waals surface area contributed by atoms with Crippen molar-refractivity contribution in [1.82, 2.24) is 0 Å². The Morgan fingerprint density at radius 3 is 2.46 bits per heavy atom. The van der Waals surface area contributed by atoms with Gasteiger partial charge in [-0.25, -0.2) is 4.79 Å².